The molecule has 5 heteroatoms. The Balaban J connectivity index is 1.99. The van der Waals surface area contributed by atoms with Crippen LogP contribution in [-0.2, 0) is 0 Å². The Morgan fingerprint density at radius 2 is 2.21 bits per heavy atom. The zero-order valence-electron chi connectivity index (χ0n) is 11.2. The fourth-order valence-corrected chi connectivity index (χ4v) is 2.83. The minimum atomic E-state index is -1.09. The van der Waals surface area contributed by atoms with Gasteiger partial charge in [0.2, 0.25) is 0 Å². The predicted octanol–water partition coefficient (Wildman–Crippen LogP) is 2.53. The lowest BCUT2D eigenvalue weighted by Crippen LogP contribution is -2.37. The summed E-state index contributed by atoms with van der Waals surface area (Å²) in [5.74, 6) is -0.270. The second-order valence-corrected chi connectivity index (χ2v) is 5.19. The van der Waals surface area contributed by atoms with Gasteiger partial charge in [-0.2, -0.15) is 0 Å². The van der Waals surface area contributed by atoms with Crippen molar-refractivity contribution < 1.29 is 19.1 Å². The molecule has 2 rings (SSSR count). The van der Waals surface area contributed by atoms with Crippen molar-refractivity contribution in [3.63, 3.8) is 0 Å². The fraction of sp³-hybridized carbons (Fsp3) is 0.571. The third-order valence-corrected chi connectivity index (χ3v) is 4.14. The molecular formula is C14H19NO4. The third-order valence-electron chi connectivity index (χ3n) is 4.14. The van der Waals surface area contributed by atoms with Gasteiger partial charge >= 0.3 is 5.97 Å². The summed E-state index contributed by atoms with van der Waals surface area (Å²) in [4.78, 5) is 22.7. The summed E-state index contributed by atoms with van der Waals surface area (Å²) in [5.41, 5.74) is -0.00365. The van der Waals surface area contributed by atoms with Gasteiger partial charge in [-0.05, 0) is 24.7 Å². The van der Waals surface area contributed by atoms with E-state index in [1.165, 1.54) is 6.07 Å². The first kappa shape index (κ1) is 13.6. The Morgan fingerprint density at radius 3 is 2.74 bits per heavy atom. The molecule has 2 N–H and O–H groups in total. The molecule has 0 aromatic carbocycles. The number of nitrogens with one attached hydrogen (secondary N) is 1. The van der Waals surface area contributed by atoms with Crippen molar-refractivity contribution in [2.75, 3.05) is 0 Å². The van der Waals surface area contributed by atoms with Gasteiger partial charge in [-0.1, -0.05) is 20.3 Å². The smallest absolute Gasteiger partial charge is 0.338 e. The fourth-order valence-electron chi connectivity index (χ4n) is 2.83. The first-order chi connectivity index (χ1) is 9.02. The first-order valence-electron chi connectivity index (χ1n) is 6.65. The van der Waals surface area contributed by atoms with E-state index in [0.717, 1.165) is 25.5 Å². The Hall–Kier alpha value is -1.78. The molecule has 0 radical (unpaired) electrons. The van der Waals surface area contributed by atoms with Gasteiger partial charge in [0.15, 0.2) is 5.76 Å². The van der Waals surface area contributed by atoms with E-state index in [4.69, 9.17) is 9.52 Å². The lowest BCUT2D eigenvalue weighted by atomic mass is 9.93. The van der Waals surface area contributed by atoms with Crippen LogP contribution in [0.3, 0.4) is 0 Å². The van der Waals surface area contributed by atoms with Crippen LogP contribution in [-0.4, -0.2) is 23.0 Å². The van der Waals surface area contributed by atoms with Gasteiger partial charge in [0.05, 0.1) is 5.56 Å². The van der Waals surface area contributed by atoms with Crippen molar-refractivity contribution in [2.24, 2.45) is 11.8 Å². The normalized spacial score (nSPS) is 26.3. The second kappa shape index (κ2) is 5.47. The van der Waals surface area contributed by atoms with Gasteiger partial charge in [0.1, 0.15) is 6.26 Å². The average molecular weight is 265 g/mol. The molecule has 1 aliphatic carbocycles. The molecule has 1 amide bonds. The number of carboxylic acid groups (broad SMARTS) is 1. The van der Waals surface area contributed by atoms with E-state index >= 15 is 0 Å². The number of aromatic carboxylic acids is 1. The largest absolute Gasteiger partial charge is 0.478 e. The summed E-state index contributed by atoms with van der Waals surface area (Å²) in [6.07, 6.45) is 4.31. The van der Waals surface area contributed by atoms with E-state index in [1.807, 2.05) is 0 Å². The molecule has 1 saturated carbocycles. The Labute approximate surface area is 112 Å². The van der Waals surface area contributed by atoms with Crippen molar-refractivity contribution in [1.82, 2.24) is 5.32 Å². The predicted molar refractivity (Wildman–Crippen MR) is 69.1 cm³/mol. The summed E-state index contributed by atoms with van der Waals surface area (Å²) in [6.45, 7) is 4.31. The SMILES string of the molecule is CCC1CCC(NC(=O)c2cc(C(=O)O)co2)C1C. The number of carbonyl (C=O) groups excluding carboxylic acids is 1. The highest BCUT2D eigenvalue weighted by Gasteiger charge is 2.33. The number of hydrogen-bond donors (Lipinski definition) is 2. The van der Waals surface area contributed by atoms with Crippen LogP contribution in [0.5, 0.6) is 0 Å². The number of rotatable bonds is 4. The van der Waals surface area contributed by atoms with Crippen LogP contribution in [0.4, 0.5) is 0 Å². The van der Waals surface area contributed by atoms with E-state index in [-0.39, 0.29) is 23.3 Å². The highest BCUT2D eigenvalue weighted by molar-refractivity contribution is 5.95. The molecule has 0 spiro atoms. The molecule has 1 heterocycles. The van der Waals surface area contributed by atoms with E-state index in [1.54, 1.807) is 0 Å². The summed E-state index contributed by atoms with van der Waals surface area (Å²) in [6, 6.07) is 1.41. The highest BCUT2D eigenvalue weighted by atomic mass is 16.4. The van der Waals surface area contributed by atoms with Crippen LogP contribution in [0, 0.1) is 11.8 Å². The molecule has 0 aliphatic heterocycles. The average Bonchev–Trinajstić information content (AvgIpc) is 2.97. The molecule has 0 saturated heterocycles. The van der Waals surface area contributed by atoms with Crippen LogP contribution in [0.2, 0.25) is 0 Å². The Bertz CT molecular complexity index is 480. The topological polar surface area (TPSA) is 79.5 Å². The molecule has 1 aliphatic rings. The zero-order chi connectivity index (χ0) is 14.0. The van der Waals surface area contributed by atoms with Crippen molar-refractivity contribution in [3.8, 4) is 0 Å². The summed E-state index contributed by atoms with van der Waals surface area (Å²) in [7, 11) is 0. The van der Waals surface area contributed by atoms with Crippen molar-refractivity contribution in [2.45, 2.75) is 39.2 Å². The van der Waals surface area contributed by atoms with Crippen LogP contribution < -0.4 is 5.32 Å². The van der Waals surface area contributed by atoms with Crippen LogP contribution in [0.25, 0.3) is 0 Å². The maximum Gasteiger partial charge on any atom is 0.338 e. The van der Waals surface area contributed by atoms with E-state index < -0.39 is 5.97 Å². The van der Waals surface area contributed by atoms with E-state index in [0.29, 0.717) is 11.8 Å². The quantitative estimate of drug-likeness (QED) is 0.876. The van der Waals surface area contributed by atoms with Crippen molar-refractivity contribution in [1.29, 1.82) is 0 Å². The lowest BCUT2D eigenvalue weighted by molar-refractivity contribution is 0.0695. The molecule has 1 aromatic heterocycles. The number of carboxylic acids is 1. The molecule has 104 valence electrons. The molecule has 3 unspecified atom stereocenters. The van der Waals surface area contributed by atoms with Gasteiger partial charge in [-0.25, -0.2) is 4.79 Å². The molecular weight excluding hydrogens is 246 g/mol. The summed E-state index contributed by atoms with van der Waals surface area (Å²) >= 11 is 0. The van der Waals surface area contributed by atoms with Crippen LogP contribution in [0.1, 0.15) is 54.0 Å². The summed E-state index contributed by atoms with van der Waals surface area (Å²) in [5, 5.41) is 11.7. The van der Waals surface area contributed by atoms with E-state index in [9.17, 15) is 9.59 Å². The lowest BCUT2D eigenvalue weighted by Gasteiger charge is -2.20. The molecule has 5 nitrogen and oxygen atoms in total. The van der Waals surface area contributed by atoms with Gasteiger partial charge in [0.25, 0.3) is 5.91 Å². The van der Waals surface area contributed by atoms with Gasteiger partial charge < -0.3 is 14.8 Å². The Morgan fingerprint density at radius 1 is 1.47 bits per heavy atom. The molecule has 0 bridgehead atoms. The van der Waals surface area contributed by atoms with Crippen molar-refractivity contribution in [3.05, 3.63) is 23.7 Å². The zero-order valence-corrected chi connectivity index (χ0v) is 11.2. The minimum Gasteiger partial charge on any atom is -0.478 e. The minimum absolute atomic E-state index is 0.00365. The second-order valence-electron chi connectivity index (χ2n) is 5.19. The number of carbonyl (C=O) groups is 2. The molecule has 3 atom stereocenters. The molecule has 19 heavy (non-hydrogen) atoms. The summed E-state index contributed by atoms with van der Waals surface area (Å²) < 4.78 is 4.99. The highest BCUT2D eigenvalue weighted by Crippen LogP contribution is 2.33. The maximum absolute atomic E-state index is 12.0. The molecule has 1 aromatic rings. The van der Waals surface area contributed by atoms with Gasteiger partial charge in [-0.15, -0.1) is 0 Å². The number of amides is 1. The number of furan rings is 1. The maximum atomic E-state index is 12.0. The van der Waals surface area contributed by atoms with Crippen LogP contribution >= 0.6 is 0 Å². The monoisotopic (exact) mass is 265 g/mol. The number of hydrogen-bond acceptors (Lipinski definition) is 3. The Kier molecular flexibility index (Phi) is 3.93. The third kappa shape index (κ3) is 2.80. The molecule has 1 fully saturated rings. The van der Waals surface area contributed by atoms with Crippen LogP contribution in [0.15, 0.2) is 16.7 Å². The van der Waals surface area contributed by atoms with Gasteiger partial charge in [-0.3, -0.25) is 4.79 Å². The first-order valence-corrected chi connectivity index (χ1v) is 6.65. The standard InChI is InChI=1S/C14H19NO4/c1-3-9-4-5-11(8(9)2)15-13(16)12-6-10(7-19-12)14(17)18/h6-9,11H,3-5H2,1-2H3,(H,15,16)(H,17,18). The van der Waals surface area contributed by atoms with Crippen molar-refractivity contribution >= 4 is 11.9 Å². The van der Waals surface area contributed by atoms with E-state index in [2.05, 4.69) is 19.2 Å². The van der Waals surface area contributed by atoms with Gasteiger partial charge in [0, 0.05) is 12.1 Å².